The molecule has 0 fully saturated rings. The third-order valence-corrected chi connectivity index (χ3v) is 11.6. The number of hydrogen-bond donors (Lipinski definition) is 1. The normalized spacial score (nSPS) is 12.7. The second-order valence-corrected chi connectivity index (χ2v) is 17.6. The van der Waals surface area contributed by atoms with Gasteiger partial charge in [-0.15, -0.1) is 0 Å². The smallest absolute Gasteiger partial charge is 0.306 e. The number of hydrogen-bond acceptors (Lipinski definition) is 4. The van der Waals surface area contributed by atoms with Gasteiger partial charge in [0.25, 0.3) is 0 Å². The van der Waals surface area contributed by atoms with Gasteiger partial charge in [0.05, 0.1) is 13.2 Å². The lowest BCUT2D eigenvalue weighted by Gasteiger charge is -2.16. The zero-order valence-electron chi connectivity index (χ0n) is 39.8. The Hall–Kier alpha value is -1.65. The molecule has 0 aromatic carbocycles. The molecule has 59 heavy (non-hydrogen) atoms. The van der Waals surface area contributed by atoms with Crippen molar-refractivity contribution in [3.05, 3.63) is 48.6 Å². The number of unbranched alkanes of at least 4 members (excludes halogenated alkanes) is 33. The van der Waals surface area contributed by atoms with Crippen LogP contribution in [0.2, 0.25) is 0 Å². The van der Waals surface area contributed by atoms with Crippen molar-refractivity contribution >= 4 is 5.97 Å². The van der Waals surface area contributed by atoms with Crippen LogP contribution in [-0.4, -0.2) is 37.0 Å². The molecule has 0 saturated heterocycles. The summed E-state index contributed by atoms with van der Waals surface area (Å²) in [6, 6.07) is 0. The Morgan fingerprint density at radius 1 is 0.407 bits per heavy atom. The van der Waals surface area contributed by atoms with Crippen LogP contribution < -0.4 is 0 Å². The summed E-state index contributed by atoms with van der Waals surface area (Å²) < 4.78 is 11.2. The third-order valence-electron chi connectivity index (χ3n) is 11.6. The Balaban J connectivity index is 3.40. The lowest BCUT2D eigenvalue weighted by atomic mass is 10.0. The fourth-order valence-corrected chi connectivity index (χ4v) is 7.69. The molecule has 0 aliphatic heterocycles. The summed E-state index contributed by atoms with van der Waals surface area (Å²) in [6.07, 6.45) is 69.2. The van der Waals surface area contributed by atoms with E-state index in [1.165, 1.54) is 218 Å². The average molecular weight is 827 g/mol. The van der Waals surface area contributed by atoms with E-state index in [9.17, 15) is 9.90 Å². The van der Waals surface area contributed by atoms with Gasteiger partial charge in [0, 0.05) is 13.0 Å². The van der Waals surface area contributed by atoms with E-state index in [4.69, 9.17) is 9.47 Å². The molecule has 0 saturated carbocycles. The van der Waals surface area contributed by atoms with E-state index < -0.39 is 6.10 Å². The van der Waals surface area contributed by atoms with Gasteiger partial charge in [-0.2, -0.15) is 0 Å². The molecule has 0 aromatic heterocycles. The molecular formula is C55H102O4. The van der Waals surface area contributed by atoms with Crippen molar-refractivity contribution in [2.24, 2.45) is 0 Å². The quantitative estimate of drug-likeness (QED) is 0.0377. The maximum atomic E-state index is 12.3. The van der Waals surface area contributed by atoms with Crippen LogP contribution in [0.3, 0.4) is 0 Å². The Bertz CT molecular complexity index is 920. The highest BCUT2D eigenvalue weighted by atomic mass is 16.6. The molecular weight excluding hydrogens is 725 g/mol. The first-order valence-electron chi connectivity index (χ1n) is 26.2. The number of carbonyl (C=O) groups is 1. The van der Waals surface area contributed by atoms with Gasteiger partial charge in [-0.25, -0.2) is 0 Å². The fraction of sp³-hybridized carbons (Fsp3) is 0.836. The molecule has 0 aliphatic carbocycles. The highest BCUT2D eigenvalue weighted by Crippen LogP contribution is 2.15. The number of carbonyl (C=O) groups excluding carboxylic acids is 1. The van der Waals surface area contributed by atoms with Crippen molar-refractivity contribution in [3.63, 3.8) is 0 Å². The van der Waals surface area contributed by atoms with Crippen LogP contribution >= 0.6 is 0 Å². The van der Waals surface area contributed by atoms with E-state index in [0.717, 1.165) is 32.1 Å². The van der Waals surface area contributed by atoms with Crippen LogP contribution in [0.15, 0.2) is 48.6 Å². The number of ether oxygens (including phenoxy) is 2. The Morgan fingerprint density at radius 3 is 1.05 bits per heavy atom. The second-order valence-electron chi connectivity index (χ2n) is 17.6. The number of aliphatic hydroxyl groups excluding tert-OH is 1. The summed E-state index contributed by atoms with van der Waals surface area (Å²) in [7, 11) is 0. The van der Waals surface area contributed by atoms with Gasteiger partial charge in [0.15, 0.2) is 0 Å². The lowest BCUT2D eigenvalue weighted by molar-refractivity contribution is -0.154. The van der Waals surface area contributed by atoms with Gasteiger partial charge >= 0.3 is 5.97 Å². The molecule has 4 nitrogen and oxygen atoms in total. The predicted molar refractivity (Wildman–Crippen MR) is 260 cm³/mol. The molecule has 0 rings (SSSR count). The van der Waals surface area contributed by atoms with E-state index in [1.54, 1.807) is 0 Å². The topological polar surface area (TPSA) is 55.8 Å². The van der Waals surface area contributed by atoms with Gasteiger partial charge in [-0.05, 0) is 77.0 Å². The molecule has 0 radical (unpaired) electrons. The summed E-state index contributed by atoms with van der Waals surface area (Å²) in [5, 5.41) is 9.66. The molecule has 0 aromatic rings. The van der Waals surface area contributed by atoms with Crippen molar-refractivity contribution in [2.75, 3.05) is 19.8 Å². The van der Waals surface area contributed by atoms with Crippen molar-refractivity contribution in [2.45, 2.75) is 277 Å². The average Bonchev–Trinajstić information content (AvgIpc) is 3.24. The summed E-state index contributed by atoms with van der Waals surface area (Å²) in [5.74, 6) is -0.200. The van der Waals surface area contributed by atoms with Gasteiger partial charge in [-0.1, -0.05) is 236 Å². The lowest BCUT2D eigenvalue weighted by Crippen LogP contribution is -2.27. The summed E-state index contributed by atoms with van der Waals surface area (Å²) in [6.45, 7) is 5.35. The monoisotopic (exact) mass is 827 g/mol. The van der Waals surface area contributed by atoms with E-state index in [2.05, 4.69) is 62.5 Å². The van der Waals surface area contributed by atoms with E-state index in [0.29, 0.717) is 19.6 Å². The third kappa shape index (κ3) is 50.6. The molecule has 0 bridgehead atoms. The van der Waals surface area contributed by atoms with Crippen LogP contribution in [-0.2, 0) is 14.3 Å². The summed E-state index contributed by atoms with van der Waals surface area (Å²) in [4.78, 5) is 12.3. The molecule has 1 unspecified atom stereocenters. The maximum absolute atomic E-state index is 12.3. The van der Waals surface area contributed by atoms with E-state index in [-0.39, 0.29) is 12.6 Å². The largest absolute Gasteiger partial charge is 0.457 e. The van der Waals surface area contributed by atoms with Crippen molar-refractivity contribution in [3.8, 4) is 0 Å². The molecule has 0 spiro atoms. The molecule has 0 amide bonds. The summed E-state index contributed by atoms with van der Waals surface area (Å²) >= 11 is 0. The summed E-state index contributed by atoms with van der Waals surface area (Å²) in [5.41, 5.74) is 0. The minimum absolute atomic E-state index is 0.172. The first-order chi connectivity index (χ1) is 29.2. The molecule has 4 heteroatoms. The van der Waals surface area contributed by atoms with E-state index in [1.807, 2.05) is 0 Å². The molecule has 1 atom stereocenters. The Morgan fingerprint density at radius 2 is 0.712 bits per heavy atom. The standard InChI is InChI=1S/C55H102O4/c1-3-5-7-9-11-13-15-17-19-21-23-25-27-29-31-33-35-37-39-41-43-45-47-49-51-58-53-54(52-56)59-55(57)50-48-46-44-42-40-38-36-34-32-30-28-26-24-22-20-18-16-14-12-10-8-6-4-2/h15-18,21-24,54,56H,3-14,19-20,25-53H2,1-2H3/b17-15-,18-16-,23-21-,24-22-. The second kappa shape index (κ2) is 52.5. The van der Waals surface area contributed by atoms with Gasteiger partial charge in [-0.3, -0.25) is 4.79 Å². The van der Waals surface area contributed by atoms with Crippen LogP contribution in [0.25, 0.3) is 0 Å². The first-order valence-corrected chi connectivity index (χ1v) is 26.2. The minimum Gasteiger partial charge on any atom is -0.457 e. The minimum atomic E-state index is -0.537. The van der Waals surface area contributed by atoms with Crippen LogP contribution in [0, 0.1) is 0 Å². The SMILES string of the molecule is CCCCCCC/C=C\C/C=C\CCCCCCCCCCCCCCOCC(CO)OC(=O)CCCCCCCCCCCCC/C=C\C/C=C\CCCCCCC. The van der Waals surface area contributed by atoms with E-state index >= 15 is 0 Å². The number of aliphatic hydroxyl groups is 1. The first kappa shape index (κ1) is 57.3. The molecule has 346 valence electrons. The maximum Gasteiger partial charge on any atom is 0.306 e. The van der Waals surface area contributed by atoms with Crippen molar-refractivity contribution in [1.82, 2.24) is 0 Å². The Labute approximate surface area is 369 Å². The van der Waals surface area contributed by atoms with Crippen LogP contribution in [0.1, 0.15) is 271 Å². The molecule has 0 aliphatic rings. The number of allylic oxidation sites excluding steroid dienone is 8. The van der Waals surface area contributed by atoms with Crippen molar-refractivity contribution < 1.29 is 19.4 Å². The zero-order valence-corrected chi connectivity index (χ0v) is 39.8. The predicted octanol–water partition coefficient (Wildman–Crippen LogP) is 17.8. The highest BCUT2D eigenvalue weighted by molar-refractivity contribution is 5.69. The zero-order chi connectivity index (χ0) is 42.6. The fourth-order valence-electron chi connectivity index (χ4n) is 7.69. The van der Waals surface area contributed by atoms with Crippen LogP contribution in [0.5, 0.6) is 0 Å². The number of rotatable bonds is 49. The number of esters is 1. The Kier molecular flexibility index (Phi) is 51.0. The van der Waals surface area contributed by atoms with Gasteiger partial charge < -0.3 is 14.6 Å². The molecule has 0 heterocycles. The molecule has 1 N–H and O–H groups in total. The van der Waals surface area contributed by atoms with Gasteiger partial charge in [0.2, 0.25) is 0 Å². The van der Waals surface area contributed by atoms with Crippen LogP contribution in [0.4, 0.5) is 0 Å². The van der Waals surface area contributed by atoms with Gasteiger partial charge in [0.1, 0.15) is 6.10 Å². The highest BCUT2D eigenvalue weighted by Gasteiger charge is 2.13. The van der Waals surface area contributed by atoms with Crippen molar-refractivity contribution in [1.29, 1.82) is 0 Å².